The Morgan fingerprint density at radius 2 is 1.68 bits per heavy atom. The van der Waals surface area contributed by atoms with Crippen molar-refractivity contribution in [1.29, 1.82) is 0 Å². The van der Waals surface area contributed by atoms with Crippen molar-refractivity contribution >= 4 is 91.5 Å². The molecule has 154 valence electrons. The molecule has 0 aliphatic rings. The first-order valence-electron chi connectivity index (χ1n) is 7.75. The number of benzene rings is 1. The first kappa shape index (κ1) is 25.3. The van der Waals surface area contributed by atoms with Gasteiger partial charge in [-0.15, -0.1) is 0 Å². The first-order chi connectivity index (χ1) is 13.0. The number of halogens is 3. The highest BCUT2D eigenvalue weighted by atomic mass is 127. The third-order valence-electron chi connectivity index (χ3n) is 3.30. The van der Waals surface area contributed by atoms with Gasteiger partial charge >= 0.3 is 11.9 Å². The van der Waals surface area contributed by atoms with E-state index in [2.05, 4.69) is 5.43 Å². The Kier molecular flexibility index (Phi) is 10.3. The number of amides is 2. The molecule has 1 unspecified atom stereocenters. The Morgan fingerprint density at radius 1 is 1.11 bits per heavy atom. The van der Waals surface area contributed by atoms with Gasteiger partial charge in [0.15, 0.2) is 0 Å². The number of nitrogens with one attached hydrogen (secondary N) is 1. The number of nitrogens with two attached hydrogens (primary N) is 1. The average molecular weight is 729 g/mol. The summed E-state index contributed by atoms with van der Waals surface area (Å²) < 4.78 is 11.7. The van der Waals surface area contributed by atoms with Gasteiger partial charge in [0, 0.05) is 31.6 Å². The van der Waals surface area contributed by atoms with Gasteiger partial charge in [-0.05, 0) is 73.8 Å². The van der Waals surface area contributed by atoms with E-state index in [-0.39, 0.29) is 18.7 Å². The van der Waals surface area contributed by atoms with Crippen LogP contribution in [0.15, 0.2) is 6.07 Å². The van der Waals surface area contributed by atoms with Crippen LogP contribution in [0.1, 0.15) is 34.6 Å². The zero-order valence-electron chi connectivity index (χ0n) is 15.2. The van der Waals surface area contributed by atoms with Crippen molar-refractivity contribution in [3.05, 3.63) is 27.9 Å². The first-order valence-corrected chi connectivity index (χ1v) is 11.0. The molecule has 0 bridgehead atoms. The van der Waals surface area contributed by atoms with Crippen LogP contribution in [0.3, 0.4) is 0 Å². The summed E-state index contributed by atoms with van der Waals surface area (Å²) in [6.45, 7) is 2.37. The molecule has 0 spiro atoms. The van der Waals surface area contributed by atoms with Crippen LogP contribution in [0.25, 0.3) is 0 Å². The van der Waals surface area contributed by atoms with E-state index < -0.39 is 29.9 Å². The monoisotopic (exact) mass is 729 g/mol. The summed E-state index contributed by atoms with van der Waals surface area (Å²) in [6, 6.07) is 1.70. The van der Waals surface area contributed by atoms with Crippen LogP contribution in [0.2, 0.25) is 0 Å². The standard InChI is InChI=1S/C16H18I3N3O6/c1-7(23)27-6-9(28-8(2)24)5-21-22(3)16(26)13-11(18)4-10(17)12(14(13)19)15(20)25/h4,9,21H,5-6H2,1-3H3,(H2,20,25). The summed E-state index contributed by atoms with van der Waals surface area (Å²) in [4.78, 5) is 46.8. The number of primary amides is 1. The molecular formula is C16H18I3N3O6. The van der Waals surface area contributed by atoms with Gasteiger partial charge < -0.3 is 15.2 Å². The predicted molar refractivity (Wildman–Crippen MR) is 125 cm³/mol. The molecule has 28 heavy (non-hydrogen) atoms. The third kappa shape index (κ3) is 7.25. The molecule has 0 aliphatic carbocycles. The van der Waals surface area contributed by atoms with Crippen molar-refractivity contribution in [3.8, 4) is 0 Å². The lowest BCUT2D eigenvalue weighted by atomic mass is 10.1. The van der Waals surface area contributed by atoms with Gasteiger partial charge in [-0.1, -0.05) is 0 Å². The minimum atomic E-state index is -0.771. The number of hydrogen-bond donors (Lipinski definition) is 2. The number of hydrazine groups is 1. The molecule has 3 N–H and O–H groups in total. The molecule has 0 aromatic heterocycles. The molecule has 9 nitrogen and oxygen atoms in total. The maximum atomic E-state index is 12.9. The molecular weight excluding hydrogens is 711 g/mol. The highest BCUT2D eigenvalue weighted by Gasteiger charge is 2.25. The number of carbonyl (C=O) groups is 4. The van der Waals surface area contributed by atoms with E-state index in [1.165, 1.54) is 25.9 Å². The number of carbonyl (C=O) groups excluding carboxylic acids is 4. The molecule has 1 aromatic carbocycles. The molecule has 0 heterocycles. The van der Waals surface area contributed by atoms with E-state index in [0.717, 1.165) is 0 Å². The Bertz CT molecular complexity index is 802. The van der Waals surface area contributed by atoms with Gasteiger partial charge in [-0.2, -0.15) is 0 Å². The molecule has 12 heteroatoms. The van der Waals surface area contributed by atoms with E-state index in [1.54, 1.807) is 6.07 Å². The second-order valence-corrected chi connectivity index (χ2v) is 8.93. The topological polar surface area (TPSA) is 128 Å². The van der Waals surface area contributed by atoms with Gasteiger partial charge in [0.2, 0.25) is 0 Å². The van der Waals surface area contributed by atoms with E-state index >= 15 is 0 Å². The lowest BCUT2D eigenvalue weighted by Gasteiger charge is -2.24. The van der Waals surface area contributed by atoms with Gasteiger partial charge in [-0.3, -0.25) is 24.2 Å². The normalized spacial score (nSPS) is 11.5. The van der Waals surface area contributed by atoms with Crippen LogP contribution < -0.4 is 11.2 Å². The Labute approximate surface area is 202 Å². The lowest BCUT2D eigenvalue weighted by Crippen LogP contribution is -2.46. The maximum absolute atomic E-state index is 12.9. The van der Waals surface area contributed by atoms with Crippen LogP contribution in [0.5, 0.6) is 0 Å². The highest BCUT2D eigenvalue weighted by molar-refractivity contribution is 14.1. The second-order valence-electron chi connectivity index (χ2n) is 5.53. The highest BCUT2D eigenvalue weighted by Crippen LogP contribution is 2.28. The van der Waals surface area contributed by atoms with Crippen LogP contribution in [-0.2, 0) is 19.1 Å². The molecule has 0 fully saturated rings. The maximum Gasteiger partial charge on any atom is 0.303 e. The smallest absolute Gasteiger partial charge is 0.303 e. The number of esters is 2. The quantitative estimate of drug-likeness (QED) is 0.237. The molecule has 0 saturated heterocycles. The second kappa shape index (κ2) is 11.4. The van der Waals surface area contributed by atoms with Crippen molar-refractivity contribution in [2.24, 2.45) is 5.73 Å². The zero-order valence-corrected chi connectivity index (χ0v) is 21.6. The Balaban J connectivity index is 2.97. The van der Waals surface area contributed by atoms with Gasteiger partial charge in [0.25, 0.3) is 11.8 Å². The van der Waals surface area contributed by atoms with E-state index in [9.17, 15) is 19.2 Å². The summed E-state index contributed by atoms with van der Waals surface area (Å²) >= 11 is 5.93. The summed E-state index contributed by atoms with van der Waals surface area (Å²) in [5.41, 5.74) is 8.86. The van der Waals surface area contributed by atoms with Gasteiger partial charge in [-0.25, -0.2) is 5.43 Å². The number of hydrogen-bond acceptors (Lipinski definition) is 7. The van der Waals surface area contributed by atoms with Gasteiger partial charge in [0.05, 0.1) is 17.7 Å². The van der Waals surface area contributed by atoms with Crippen molar-refractivity contribution in [3.63, 3.8) is 0 Å². The lowest BCUT2D eigenvalue weighted by molar-refractivity contribution is -0.156. The SMILES string of the molecule is CC(=O)OCC(CNN(C)C(=O)c1c(I)cc(I)c(C(N)=O)c1I)OC(C)=O. The fraction of sp³-hybridized carbons (Fsp3) is 0.375. The molecule has 0 saturated carbocycles. The Hall–Kier alpha value is -0.750. The Morgan fingerprint density at radius 3 is 2.18 bits per heavy atom. The predicted octanol–water partition coefficient (Wildman–Crippen LogP) is 1.67. The third-order valence-corrected chi connectivity index (χ3v) is 6.08. The molecule has 0 aliphatic heterocycles. The average Bonchev–Trinajstić information content (AvgIpc) is 2.55. The van der Waals surface area contributed by atoms with Crippen molar-refractivity contribution in [2.45, 2.75) is 20.0 Å². The number of ether oxygens (including phenoxy) is 2. The molecule has 0 radical (unpaired) electrons. The minimum Gasteiger partial charge on any atom is -0.462 e. The van der Waals surface area contributed by atoms with Gasteiger partial charge in [0.1, 0.15) is 12.7 Å². The number of nitrogens with zero attached hydrogens (tertiary/aromatic N) is 1. The van der Waals surface area contributed by atoms with Crippen LogP contribution >= 0.6 is 67.8 Å². The summed E-state index contributed by atoms with van der Waals surface area (Å²) in [6.07, 6.45) is -0.771. The fourth-order valence-electron chi connectivity index (χ4n) is 2.07. The molecule has 2 amide bonds. The zero-order chi connectivity index (χ0) is 21.6. The van der Waals surface area contributed by atoms with E-state index in [1.807, 2.05) is 67.8 Å². The van der Waals surface area contributed by atoms with Crippen LogP contribution in [0.4, 0.5) is 0 Å². The number of rotatable bonds is 8. The fourth-order valence-corrected chi connectivity index (χ4v) is 6.43. The van der Waals surface area contributed by atoms with Crippen LogP contribution in [0, 0.1) is 10.7 Å². The molecule has 1 atom stereocenters. The van der Waals surface area contributed by atoms with E-state index in [4.69, 9.17) is 15.2 Å². The molecule has 1 aromatic rings. The van der Waals surface area contributed by atoms with Crippen molar-refractivity contribution < 1.29 is 28.7 Å². The largest absolute Gasteiger partial charge is 0.462 e. The molecule has 1 rings (SSSR count). The summed E-state index contributed by atoms with van der Waals surface area (Å²) in [7, 11) is 1.49. The summed E-state index contributed by atoms with van der Waals surface area (Å²) in [5, 5.41) is 1.21. The summed E-state index contributed by atoms with van der Waals surface area (Å²) in [5.74, 6) is -2.07. The van der Waals surface area contributed by atoms with Crippen molar-refractivity contribution in [1.82, 2.24) is 10.4 Å². The minimum absolute atomic E-state index is 0.0370. The van der Waals surface area contributed by atoms with Crippen molar-refractivity contribution in [2.75, 3.05) is 20.2 Å². The van der Waals surface area contributed by atoms with Crippen LogP contribution in [-0.4, -0.2) is 55.1 Å². The van der Waals surface area contributed by atoms with E-state index in [0.29, 0.717) is 16.3 Å².